The summed E-state index contributed by atoms with van der Waals surface area (Å²) in [6.07, 6.45) is 1.77. The maximum absolute atomic E-state index is 13.2. The minimum Gasteiger partial charge on any atom is -0.422 e. The Hall–Kier alpha value is -3.34. The number of rotatable bonds is 1. The molecule has 6 rings (SSSR count). The van der Waals surface area contributed by atoms with E-state index in [1.165, 1.54) is 0 Å². The fourth-order valence-corrected chi connectivity index (χ4v) is 4.65. The van der Waals surface area contributed by atoms with E-state index >= 15 is 0 Å². The first-order valence-electron chi connectivity index (χ1n) is 9.32. The number of hydrogen-bond donors (Lipinski definition) is 1. The molecule has 0 bridgehead atoms. The van der Waals surface area contributed by atoms with Crippen LogP contribution in [0.25, 0.3) is 54.8 Å². The van der Waals surface area contributed by atoms with Crippen LogP contribution < -0.4 is 5.63 Å². The zero-order chi connectivity index (χ0) is 20.4. The molecule has 1 N–H and O–H groups in total. The highest BCUT2D eigenvalue weighted by atomic mass is 35.5. The summed E-state index contributed by atoms with van der Waals surface area (Å²) < 4.78 is 5.66. The highest BCUT2D eigenvalue weighted by Gasteiger charge is 2.20. The number of halogens is 2. The van der Waals surface area contributed by atoms with E-state index in [2.05, 4.69) is 9.97 Å². The Kier molecular flexibility index (Phi) is 3.69. The van der Waals surface area contributed by atoms with Crippen molar-refractivity contribution in [1.29, 1.82) is 0 Å². The molecule has 0 fully saturated rings. The summed E-state index contributed by atoms with van der Waals surface area (Å²) in [6, 6.07) is 18.6. The number of fused-ring (bicyclic) bond motifs is 6. The summed E-state index contributed by atoms with van der Waals surface area (Å²) in [5.41, 5.74) is 3.84. The molecule has 0 saturated carbocycles. The Labute approximate surface area is 179 Å². The molecule has 3 aromatic heterocycles. The van der Waals surface area contributed by atoms with Gasteiger partial charge < -0.3 is 9.40 Å². The number of pyridine rings is 1. The Balaban J connectivity index is 1.95. The molecule has 6 aromatic rings. The molecule has 0 aliphatic carbocycles. The lowest BCUT2D eigenvalue weighted by Crippen LogP contribution is -2.04. The molecule has 0 unspecified atom stereocenters. The van der Waals surface area contributed by atoms with Gasteiger partial charge in [-0.2, -0.15) is 0 Å². The Bertz CT molecular complexity index is 1700. The van der Waals surface area contributed by atoms with E-state index in [9.17, 15) is 4.79 Å². The predicted molar refractivity (Wildman–Crippen MR) is 123 cm³/mol. The first-order valence-corrected chi connectivity index (χ1v) is 10.1. The van der Waals surface area contributed by atoms with Crippen LogP contribution in [-0.4, -0.2) is 9.97 Å². The van der Waals surface area contributed by atoms with E-state index in [1.54, 1.807) is 24.4 Å². The van der Waals surface area contributed by atoms with Crippen molar-refractivity contribution in [1.82, 2.24) is 9.97 Å². The highest BCUT2D eigenvalue weighted by Crippen LogP contribution is 2.41. The first-order chi connectivity index (χ1) is 14.6. The maximum atomic E-state index is 13.2. The van der Waals surface area contributed by atoms with Gasteiger partial charge in [-0.15, -0.1) is 0 Å². The zero-order valence-corrected chi connectivity index (χ0v) is 16.9. The molecular weight excluding hydrogens is 419 g/mol. The van der Waals surface area contributed by atoms with Crippen molar-refractivity contribution in [3.63, 3.8) is 0 Å². The lowest BCUT2D eigenvalue weighted by atomic mass is 9.95. The summed E-state index contributed by atoms with van der Waals surface area (Å²) in [5, 5.41) is 4.08. The first kappa shape index (κ1) is 17.5. The number of para-hydroxylation sites is 1. The molecule has 0 aliphatic rings. The largest absolute Gasteiger partial charge is 0.422 e. The minimum absolute atomic E-state index is 0.432. The summed E-state index contributed by atoms with van der Waals surface area (Å²) in [6.45, 7) is 0. The molecule has 3 heterocycles. The quantitative estimate of drug-likeness (QED) is 0.174. The fourth-order valence-electron chi connectivity index (χ4n) is 4.15. The van der Waals surface area contributed by atoms with Gasteiger partial charge in [-0.05, 0) is 30.3 Å². The Morgan fingerprint density at radius 3 is 2.63 bits per heavy atom. The number of aromatic amines is 1. The van der Waals surface area contributed by atoms with Crippen LogP contribution in [0.5, 0.6) is 0 Å². The molecule has 0 aliphatic heterocycles. The number of H-pyrrole nitrogens is 1. The van der Waals surface area contributed by atoms with Crippen molar-refractivity contribution in [3.8, 4) is 11.1 Å². The second kappa shape index (κ2) is 6.33. The Morgan fingerprint density at radius 1 is 0.900 bits per heavy atom. The molecule has 144 valence electrons. The fraction of sp³-hybridized carbons (Fsp3) is 0. The Morgan fingerprint density at radius 2 is 1.77 bits per heavy atom. The van der Waals surface area contributed by atoms with E-state index in [0.29, 0.717) is 37.7 Å². The topological polar surface area (TPSA) is 58.9 Å². The van der Waals surface area contributed by atoms with Gasteiger partial charge in [0.15, 0.2) is 0 Å². The molecule has 0 spiro atoms. The van der Waals surface area contributed by atoms with E-state index < -0.39 is 5.63 Å². The third kappa shape index (κ3) is 2.41. The van der Waals surface area contributed by atoms with Crippen molar-refractivity contribution in [2.45, 2.75) is 0 Å². The number of hydrogen-bond acceptors (Lipinski definition) is 3. The van der Waals surface area contributed by atoms with Crippen LogP contribution in [0.4, 0.5) is 0 Å². The minimum atomic E-state index is -0.432. The van der Waals surface area contributed by atoms with Gasteiger partial charge in [-0.3, -0.25) is 4.98 Å². The van der Waals surface area contributed by atoms with Gasteiger partial charge in [-0.1, -0.05) is 53.5 Å². The second-order valence-corrected chi connectivity index (χ2v) is 7.97. The van der Waals surface area contributed by atoms with Crippen molar-refractivity contribution in [2.24, 2.45) is 0 Å². The molecular formula is C24H12Cl2N2O2. The molecule has 0 saturated heterocycles. The second-order valence-electron chi connectivity index (χ2n) is 7.13. The maximum Gasteiger partial charge on any atom is 0.346 e. The van der Waals surface area contributed by atoms with Gasteiger partial charge in [0.2, 0.25) is 0 Å². The van der Waals surface area contributed by atoms with E-state index in [0.717, 1.165) is 27.2 Å². The SMILES string of the molecule is O=c1oc2ccccc2c2[nH]c3c(ccc4ccnc43)c(-c3ccc(Cl)cc3Cl)c12. The van der Waals surface area contributed by atoms with Gasteiger partial charge in [0, 0.05) is 43.5 Å². The summed E-state index contributed by atoms with van der Waals surface area (Å²) in [4.78, 5) is 21.2. The molecule has 0 amide bonds. The summed E-state index contributed by atoms with van der Waals surface area (Å²) in [5.74, 6) is 0. The lowest BCUT2D eigenvalue weighted by molar-refractivity contribution is 0.569. The van der Waals surface area contributed by atoms with E-state index in [-0.39, 0.29) is 0 Å². The standard InChI is InChI=1S/C24H12Cl2N2O2/c25-13-6-8-14(17(26)11-13)19-16-7-5-12-9-10-27-21(12)23(16)28-22-15-3-1-2-4-18(15)30-24(29)20(19)22/h1-11,28H. The van der Waals surface area contributed by atoms with Crippen molar-refractivity contribution in [3.05, 3.63) is 87.3 Å². The lowest BCUT2D eigenvalue weighted by Gasteiger charge is -2.14. The van der Waals surface area contributed by atoms with Crippen LogP contribution in [-0.2, 0) is 0 Å². The predicted octanol–water partition coefficient (Wildman–Crippen LogP) is 6.95. The molecule has 30 heavy (non-hydrogen) atoms. The molecule has 0 radical (unpaired) electrons. The number of aromatic nitrogens is 2. The van der Waals surface area contributed by atoms with Gasteiger partial charge in [0.05, 0.1) is 21.9 Å². The van der Waals surface area contributed by atoms with Gasteiger partial charge in [0.1, 0.15) is 5.58 Å². The van der Waals surface area contributed by atoms with Gasteiger partial charge in [0.25, 0.3) is 0 Å². The summed E-state index contributed by atoms with van der Waals surface area (Å²) >= 11 is 12.7. The van der Waals surface area contributed by atoms with Gasteiger partial charge in [-0.25, -0.2) is 4.79 Å². The molecule has 0 atom stereocenters. The van der Waals surface area contributed by atoms with Crippen molar-refractivity contribution < 1.29 is 4.42 Å². The van der Waals surface area contributed by atoms with E-state index in [4.69, 9.17) is 27.6 Å². The molecule has 6 heteroatoms. The smallest absolute Gasteiger partial charge is 0.346 e. The number of nitrogens with one attached hydrogen (secondary N) is 1. The van der Waals surface area contributed by atoms with Gasteiger partial charge >= 0.3 is 5.63 Å². The monoisotopic (exact) mass is 430 g/mol. The average Bonchev–Trinajstić information content (AvgIpc) is 3.22. The third-order valence-electron chi connectivity index (χ3n) is 5.45. The van der Waals surface area contributed by atoms with Crippen LogP contribution in [0.15, 0.2) is 76.1 Å². The average molecular weight is 431 g/mol. The normalized spacial score (nSPS) is 11.8. The number of nitrogens with zero attached hydrogens (tertiary/aromatic N) is 1. The molecule has 4 nitrogen and oxygen atoms in total. The summed E-state index contributed by atoms with van der Waals surface area (Å²) in [7, 11) is 0. The third-order valence-corrected chi connectivity index (χ3v) is 6.00. The zero-order valence-electron chi connectivity index (χ0n) is 15.4. The van der Waals surface area contributed by atoms with Crippen LogP contribution in [0.1, 0.15) is 0 Å². The van der Waals surface area contributed by atoms with Crippen LogP contribution in [0, 0.1) is 0 Å². The highest BCUT2D eigenvalue weighted by molar-refractivity contribution is 6.37. The van der Waals surface area contributed by atoms with Crippen LogP contribution in [0.3, 0.4) is 0 Å². The van der Waals surface area contributed by atoms with Crippen LogP contribution >= 0.6 is 23.2 Å². The van der Waals surface area contributed by atoms with E-state index in [1.807, 2.05) is 42.5 Å². The molecule has 3 aromatic carbocycles. The number of benzene rings is 3. The van der Waals surface area contributed by atoms with Crippen LogP contribution in [0.2, 0.25) is 10.0 Å². The van der Waals surface area contributed by atoms with Crippen molar-refractivity contribution >= 4 is 66.9 Å². The van der Waals surface area contributed by atoms with Crippen molar-refractivity contribution in [2.75, 3.05) is 0 Å².